The number of nitro benzene ring substituents is 1. The second-order valence-corrected chi connectivity index (χ2v) is 6.28. The molecule has 0 fully saturated rings. The van der Waals surface area contributed by atoms with Gasteiger partial charge < -0.3 is 10.1 Å². The van der Waals surface area contributed by atoms with Crippen molar-refractivity contribution in [2.24, 2.45) is 0 Å². The van der Waals surface area contributed by atoms with Gasteiger partial charge in [0, 0.05) is 24.4 Å². The minimum absolute atomic E-state index is 0.0447. The normalized spacial score (nSPS) is 10.5. The third-order valence-corrected chi connectivity index (χ3v) is 4.16. The van der Waals surface area contributed by atoms with Gasteiger partial charge in [0.1, 0.15) is 11.6 Å². The lowest BCUT2D eigenvalue weighted by molar-refractivity contribution is -0.384. The first-order valence-electron chi connectivity index (χ1n) is 7.70. The maximum Gasteiger partial charge on any atom is 0.276 e. The average molecular weight is 425 g/mol. The predicted octanol–water partition coefficient (Wildman–Crippen LogP) is 4.53. The molecule has 28 heavy (non-hydrogen) atoms. The molecule has 1 heterocycles. The van der Waals surface area contributed by atoms with Crippen LogP contribution in [0.25, 0.3) is 0 Å². The van der Waals surface area contributed by atoms with E-state index in [1.54, 1.807) is 0 Å². The zero-order valence-electron chi connectivity index (χ0n) is 13.9. The van der Waals surface area contributed by atoms with Gasteiger partial charge in [0.15, 0.2) is 12.4 Å². The third kappa shape index (κ3) is 4.56. The predicted molar refractivity (Wildman–Crippen MR) is 100 cm³/mol. The molecule has 0 atom stereocenters. The monoisotopic (exact) mass is 424 g/mol. The molecule has 8 nitrogen and oxygen atoms in total. The molecule has 0 aliphatic heterocycles. The van der Waals surface area contributed by atoms with E-state index in [1.807, 2.05) is 0 Å². The highest BCUT2D eigenvalue weighted by Crippen LogP contribution is 2.27. The van der Waals surface area contributed by atoms with E-state index in [9.17, 15) is 19.3 Å². The Kier molecular flexibility index (Phi) is 5.76. The number of hydrogen-bond donors (Lipinski definition) is 1. The molecule has 1 aromatic heterocycles. The van der Waals surface area contributed by atoms with E-state index < -0.39 is 16.6 Å². The SMILES string of the molecule is O=C(Nc1cc([N+](=O)[O-])ccc1Cl)c1ccn(COc2ccc(F)c(Cl)c2)n1. The molecule has 0 saturated heterocycles. The van der Waals surface area contributed by atoms with Crippen LogP contribution in [0.15, 0.2) is 48.7 Å². The van der Waals surface area contributed by atoms with Crippen LogP contribution in [0.2, 0.25) is 10.0 Å². The topological polar surface area (TPSA) is 99.3 Å². The first-order valence-corrected chi connectivity index (χ1v) is 8.45. The highest BCUT2D eigenvalue weighted by atomic mass is 35.5. The van der Waals surface area contributed by atoms with Gasteiger partial charge in [-0.25, -0.2) is 9.07 Å². The number of nitro groups is 1. The summed E-state index contributed by atoms with van der Waals surface area (Å²) in [6.45, 7) is -0.0488. The molecule has 1 amide bonds. The van der Waals surface area contributed by atoms with Crippen molar-refractivity contribution in [3.63, 3.8) is 0 Å². The lowest BCUT2D eigenvalue weighted by Crippen LogP contribution is -2.14. The van der Waals surface area contributed by atoms with E-state index in [1.165, 1.54) is 47.3 Å². The van der Waals surface area contributed by atoms with Crippen LogP contribution in [0.1, 0.15) is 10.5 Å². The molecule has 144 valence electrons. The molecule has 0 unspecified atom stereocenters. The van der Waals surface area contributed by atoms with E-state index >= 15 is 0 Å². The van der Waals surface area contributed by atoms with Crippen molar-refractivity contribution in [3.05, 3.63) is 80.3 Å². The second kappa shape index (κ2) is 8.24. The summed E-state index contributed by atoms with van der Waals surface area (Å²) in [5.41, 5.74) is -0.0764. The number of halogens is 3. The minimum atomic E-state index is -0.606. The Labute approximate surface area is 167 Å². The minimum Gasteiger partial charge on any atom is -0.471 e. The molecule has 0 bridgehead atoms. The Balaban J connectivity index is 1.66. The highest BCUT2D eigenvalue weighted by molar-refractivity contribution is 6.34. The van der Waals surface area contributed by atoms with Gasteiger partial charge in [0.05, 0.1) is 20.7 Å². The van der Waals surface area contributed by atoms with Gasteiger partial charge in [-0.1, -0.05) is 23.2 Å². The van der Waals surface area contributed by atoms with Crippen LogP contribution in [-0.2, 0) is 6.73 Å². The smallest absolute Gasteiger partial charge is 0.276 e. The molecule has 0 aliphatic rings. The number of carbonyl (C=O) groups is 1. The van der Waals surface area contributed by atoms with Gasteiger partial charge in [-0.3, -0.25) is 14.9 Å². The molecule has 2 aromatic carbocycles. The fourth-order valence-electron chi connectivity index (χ4n) is 2.17. The van der Waals surface area contributed by atoms with Crippen molar-refractivity contribution in [1.82, 2.24) is 9.78 Å². The van der Waals surface area contributed by atoms with Gasteiger partial charge >= 0.3 is 0 Å². The van der Waals surface area contributed by atoms with Crippen LogP contribution in [0.5, 0.6) is 5.75 Å². The van der Waals surface area contributed by atoms with Gasteiger partial charge in [-0.15, -0.1) is 0 Å². The third-order valence-electron chi connectivity index (χ3n) is 3.54. The van der Waals surface area contributed by atoms with Crippen molar-refractivity contribution in [2.75, 3.05) is 5.32 Å². The Morgan fingerprint density at radius 2 is 2.00 bits per heavy atom. The summed E-state index contributed by atoms with van der Waals surface area (Å²) in [5.74, 6) is -0.839. The summed E-state index contributed by atoms with van der Waals surface area (Å²) in [7, 11) is 0. The summed E-state index contributed by atoms with van der Waals surface area (Å²) >= 11 is 11.6. The number of rotatable bonds is 6. The number of non-ortho nitro benzene ring substituents is 1. The zero-order chi connectivity index (χ0) is 20.3. The number of nitrogens with one attached hydrogen (secondary N) is 1. The van der Waals surface area contributed by atoms with E-state index in [-0.39, 0.29) is 33.8 Å². The molecule has 0 saturated carbocycles. The number of ether oxygens (including phenoxy) is 1. The number of hydrogen-bond acceptors (Lipinski definition) is 5. The number of aromatic nitrogens is 2. The molecule has 0 radical (unpaired) electrons. The van der Waals surface area contributed by atoms with Crippen LogP contribution in [0, 0.1) is 15.9 Å². The van der Waals surface area contributed by atoms with E-state index in [0.29, 0.717) is 5.75 Å². The number of amides is 1. The summed E-state index contributed by atoms with van der Waals surface area (Å²) in [4.78, 5) is 22.5. The van der Waals surface area contributed by atoms with E-state index in [0.717, 1.165) is 6.07 Å². The van der Waals surface area contributed by atoms with Gasteiger partial charge in [0.25, 0.3) is 11.6 Å². The second-order valence-electron chi connectivity index (χ2n) is 5.47. The van der Waals surface area contributed by atoms with Crippen molar-refractivity contribution in [3.8, 4) is 5.75 Å². The quantitative estimate of drug-likeness (QED) is 0.462. The van der Waals surface area contributed by atoms with Crippen LogP contribution in [-0.4, -0.2) is 20.6 Å². The summed E-state index contributed by atoms with van der Waals surface area (Å²) in [6.07, 6.45) is 1.50. The van der Waals surface area contributed by atoms with Gasteiger partial charge in [-0.05, 0) is 24.3 Å². The molecule has 0 aliphatic carbocycles. The molecule has 1 N–H and O–H groups in total. The van der Waals surface area contributed by atoms with E-state index in [4.69, 9.17) is 27.9 Å². The van der Waals surface area contributed by atoms with Crippen molar-refractivity contribution < 1.29 is 18.8 Å². The summed E-state index contributed by atoms with van der Waals surface area (Å²) in [6, 6.07) is 9.02. The van der Waals surface area contributed by atoms with Gasteiger partial charge in [-0.2, -0.15) is 5.10 Å². The Hall–Kier alpha value is -3.17. The fourth-order valence-corrected chi connectivity index (χ4v) is 2.51. The molecule has 3 rings (SSSR count). The Morgan fingerprint density at radius 1 is 1.21 bits per heavy atom. The Bertz CT molecular complexity index is 1060. The molecule has 0 spiro atoms. The Morgan fingerprint density at radius 3 is 2.71 bits per heavy atom. The maximum absolute atomic E-state index is 13.1. The van der Waals surface area contributed by atoms with Gasteiger partial charge in [0.2, 0.25) is 0 Å². The van der Waals surface area contributed by atoms with Crippen molar-refractivity contribution >= 4 is 40.5 Å². The standard InChI is InChI=1S/C17H11Cl2FN4O4/c18-12-3-1-10(24(26)27)7-16(12)21-17(25)15-5-6-23(22-15)9-28-11-2-4-14(20)13(19)8-11/h1-8H,9H2,(H,21,25). The number of anilines is 1. The van der Waals surface area contributed by atoms with Crippen LogP contribution >= 0.6 is 23.2 Å². The fraction of sp³-hybridized carbons (Fsp3) is 0.0588. The number of carbonyl (C=O) groups excluding carboxylic acids is 1. The largest absolute Gasteiger partial charge is 0.471 e. The van der Waals surface area contributed by atoms with Crippen LogP contribution < -0.4 is 10.1 Å². The zero-order valence-corrected chi connectivity index (χ0v) is 15.4. The molecular formula is C17H11Cl2FN4O4. The summed E-state index contributed by atoms with van der Waals surface area (Å²) in [5, 5.41) is 17.4. The molecular weight excluding hydrogens is 414 g/mol. The maximum atomic E-state index is 13.1. The number of benzene rings is 2. The van der Waals surface area contributed by atoms with E-state index in [2.05, 4.69) is 10.4 Å². The lowest BCUT2D eigenvalue weighted by Gasteiger charge is -2.07. The highest BCUT2D eigenvalue weighted by Gasteiger charge is 2.15. The first kappa shape index (κ1) is 19.6. The van der Waals surface area contributed by atoms with Crippen LogP contribution in [0.3, 0.4) is 0 Å². The van der Waals surface area contributed by atoms with Crippen LogP contribution in [0.4, 0.5) is 15.8 Å². The molecule has 3 aromatic rings. The average Bonchev–Trinajstić information content (AvgIpc) is 3.13. The van der Waals surface area contributed by atoms with Crippen molar-refractivity contribution in [2.45, 2.75) is 6.73 Å². The van der Waals surface area contributed by atoms with Crippen molar-refractivity contribution in [1.29, 1.82) is 0 Å². The molecule has 11 heteroatoms. The lowest BCUT2D eigenvalue weighted by atomic mass is 10.2. The summed E-state index contributed by atoms with van der Waals surface area (Å²) < 4.78 is 19.9. The first-order chi connectivity index (χ1) is 13.3. The number of nitrogens with zero attached hydrogens (tertiary/aromatic N) is 3.